The van der Waals surface area contributed by atoms with Crippen LogP contribution in [0.2, 0.25) is 0 Å². The minimum Gasteiger partial charge on any atom is -0.481 e. The molecule has 0 bridgehead atoms. The van der Waals surface area contributed by atoms with Crippen LogP contribution in [-0.2, 0) is 0 Å². The number of nitrogens with two attached hydrogens (primary N) is 1. The average molecular weight is 235 g/mol. The van der Waals surface area contributed by atoms with Gasteiger partial charge in [0.15, 0.2) is 5.82 Å². The second kappa shape index (κ2) is 4.82. The van der Waals surface area contributed by atoms with Crippen LogP contribution in [-0.4, -0.2) is 17.6 Å². The maximum atomic E-state index is 5.94. The smallest absolute Gasteiger partial charge is 0.215 e. The van der Waals surface area contributed by atoms with Gasteiger partial charge in [-0.05, 0) is 25.8 Å². The average Bonchev–Trinajstić information content (AvgIpc) is 2.33. The van der Waals surface area contributed by atoms with Crippen molar-refractivity contribution < 1.29 is 4.74 Å². The highest BCUT2D eigenvalue weighted by atomic mass is 16.5. The number of hydrogen-bond acceptors (Lipinski definition) is 4. The predicted octanol–water partition coefficient (Wildman–Crippen LogP) is 2.81. The van der Waals surface area contributed by atoms with E-state index in [9.17, 15) is 0 Å². The van der Waals surface area contributed by atoms with Crippen LogP contribution < -0.4 is 15.8 Å². The highest BCUT2D eigenvalue weighted by Crippen LogP contribution is 2.32. The van der Waals surface area contributed by atoms with E-state index in [1.807, 2.05) is 6.07 Å². The largest absolute Gasteiger partial charge is 0.481 e. The molecule has 4 nitrogen and oxygen atoms in total. The maximum absolute atomic E-state index is 5.94. The number of methoxy groups -OCH3 is 1. The number of hydrogen-bond donors (Lipinski definition) is 2. The normalized spacial score (nSPS) is 18.7. The topological polar surface area (TPSA) is 60.2 Å². The Hall–Kier alpha value is -1.45. The van der Waals surface area contributed by atoms with Crippen molar-refractivity contribution in [2.75, 3.05) is 18.2 Å². The van der Waals surface area contributed by atoms with Crippen molar-refractivity contribution in [2.45, 2.75) is 44.6 Å². The Kier molecular flexibility index (Phi) is 3.41. The Labute approximate surface area is 103 Å². The van der Waals surface area contributed by atoms with Crippen LogP contribution >= 0.6 is 0 Å². The molecule has 1 saturated carbocycles. The minimum absolute atomic E-state index is 0.117. The molecule has 0 spiro atoms. The summed E-state index contributed by atoms with van der Waals surface area (Å²) in [5.41, 5.74) is 6.73. The minimum atomic E-state index is 0.117. The summed E-state index contributed by atoms with van der Waals surface area (Å²) >= 11 is 0. The molecule has 1 fully saturated rings. The lowest BCUT2D eigenvalue weighted by atomic mass is 9.83. The van der Waals surface area contributed by atoms with E-state index >= 15 is 0 Å². The summed E-state index contributed by atoms with van der Waals surface area (Å²) < 4.78 is 5.13. The van der Waals surface area contributed by atoms with Gasteiger partial charge in [0, 0.05) is 11.6 Å². The van der Waals surface area contributed by atoms with E-state index in [-0.39, 0.29) is 5.54 Å². The van der Waals surface area contributed by atoms with E-state index in [1.165, 1.54) is 32.1 Å². The summed E-state index contributed by atoms with van der Waals surface area (Å²) in [6.45, 7) is 2.24. The Morgan fingerprint density at radius 1 is 1.29 bits per heavy atom. The number of nitrogens with zero attached hydrogens (tertiary/aromatic N) is 1. The van der Waals surface area contributed by atoms with Gasteiger partial charge in [0.1, 0.15) is 0 Å². The highest BCUT2D eigenvalue weighted by molar-refractivity contribution is 5.63. The summed E-state index contributed by atoms with van der Waals surface area (Å²) in [5, 5.41) is 3.48. The van der Waals surface area contributed by atoms with E-state index in [4.69, 9.17) is 10.5 Å². The molecule has 1 heterocycles. The summed E-state index contributed by atoms with van der Waals surface area (Å²) in [5.74, 6) is 1.34. The monoisotopic (exact) mass is 235 g/mol. The number of anilines is 2. The first-order valence-corrected chi connectivity index (χ1v) is 6.22. The van der Waals surface area contributed by atoms with Gasteiger partial charge in [0.25, 0.3) is 0 Å². The molecule has 0 radical (unpaired) electrons. The standard InChI is InChI=1S/C13H21N3O/c1-13(8-4-3-5-9-13)16-12-10(14)6-7-11(15-12)17-2/h6-7H,3-5,8-9,14H2,1-2H3,(H,15,16). The van der Waals surface area contributed by atoms with E-state index in [1.54, 1.807) is 13.2 Å². The van der Waals surface area contributed by atoms with Gasteiger partial charge in [0.2, 0.25) is 5.88 Å². The van der Waals surface area contributed by atoms with Crippen LogP contribution in [0.15, 0.2) is 12.1 Å². The van der Waals surface area contributed by atoms with Crippen molar-refractivity contribution in [1.29, 1.82) is 0 Å². The number of nitrogens with one attached hydrogen (secondary N) is 1. The molecule has 3 N–H and O–H groups in total. The molecule has 0 saturated heterocycles. The molecule has 1 aromatic rings. The van der Waals surface area contributed by atoms with Crippen molar-refractivity contribution in [1.82, 2.24) is 4.98 Å². The summed E-state index contributed by atoms with van der Waals surface area (Å²) in [4.78, 5) is 4.37. The first-order chi connectivity index (χ1) is 8.13. The van der Waals surface area contributed by atoms with Crippen LogP contribution in [0.5, 0.6) is 5.88 Å². The molecular formula is C13H21N3O. The number of pyridine rings is 1. The van der Waals surface area contributed by atoms with Crippen LogP contribution in [0.1, 0.15) is 39.0 Å². The molecule has 1 aromatic heterocycles. The zero-order valence-electron chi connectivity index (χ0n) is 10.6. The van der Waals surface area contributed by atoms with E-state index in [2.05, 4.69) is 17.2 Å². The maximum Gasteiger partial charge on any atom is 0.215 e. The molecule has 0 amide bonds. The molecule has 4 heteroatoms. The van der Waals surface area contributed by atoms with Crippen LogP contribution in [0.25, 0.3) is 0 Å². The van der Waals surface area contributed by atoms with E-state index in [0.717, 1.165) is 5.82 Å². The van der Waals surface area contributed by atoms with Crippen LogP contribution in [0.4, 0.5) is 11.5 Å². The molecule has 0 unspecified atom stereocenters. The van der Waals surface area contributed by atoms with Crippen molar-refractivity contribution in [3.63, 3.8) is 0 Å². The van der Waals surface area contributed by atoms with Crippen molar-refractivity contribution in [3.05, 3.63) is 12.1 Å². The fourth-order valence-corrected chi connectivity index (χ4v) is 2.41. The number of nitrogen functional groups attached to an aromatic ring is 1. The number of aromatic nitrogens is 1. The lowest BCUT2D eigenvalue weighted by Crippen LogP contribution is -2.37. The lowest BCUT2D eigenvalue weighted by molar-refractivity contribution is 0.347. The first kappa shape index (κ1) is 12.0. The molecule has 2 rings (SSSR count). The third-order valence-electron chi connectivity index (χ3n) is 3.49. The van der Waals surface area contributed by atoms with Gasteiger partial charge in [-0.3, -0.25) is 0 Å². The third-order valence-corrected chi connectivity index (χ3v) is 3.49. The Morgan fingerprint density at radius 3 is 2.65 bits per heavy atom. The fraction of sp³-hybridized carbons (Fsp3) is 0.615. The Bertz CT molecular complexity index is 386. The van der Waals surface area contributed by atoms with Gasteiger partial charge in [-0.2, -0.15) is 4.98 Å². The van der Waals surface area contributed by atoms with Gasteiger partial charge in [-0.25, -0.2) is 0 Å². The summed E-state index contributed by atoms with van der Waals surface area (Å²) in [6.07, 6.45) is 6.22. The molecule has 0 atom stereocenters. The highest BCUT2D eigenvalue weighted by Gasteiger charge is 2.27. The Balaban J connectivity index is 2.16. The van der Waals surface area contributed by atoms with Crippen LogP contribution in [0.3, 0.4) is 0 Å². The second-order valence-electron chi connectivity index (χ2n) is 5.04. The zero-order valence-corrected chi connectivity index (χ0v) is 10.6. The number of ether oxygens (including phenoxy) is 1. The summed E-state index contributed by atoms with van der Waals surface area (Å²) in [6, 6.07) is 3.62. The Morgan fingerprint density at radius 2 is 2.00 bits per heavy atom. The SMILES string of the molecule is COc1ccc(N)c(NC2(C)CCCCC2)n1. The molecule has 1 aliphatic carbocycles. The summed E-state index contributed by atoms with van der Waals surface area (Å²) in [7, 11) is 1.62. The molecule has 0 aromatic carbocycles. The van der Waals surface area contributed by atoms with E-state index < -0.39 is 0 Å². The van der Waals surface area contributed by atoms with Crippen molar-refractivity contribution in [3.8, 4) is 5.88 Å². The first-order valence-electron chi connectivity index (χ1n) is 6.22. The molecule has 94 valence electrons. The fourth-order valence-electron chi connectivity index (χ4n) is 2.41. The third kappa shape index (κ3) is 2.81. The van der Waals surface area contributed by atoms with Gasteiger partial charge in [-0.1, -0.05) is 19.3 Å². The van der Waals surface area contributed by atoms with Crippen molar-refractivity contribution >= 4 is 11.5 Å². The van der Waals surface area contributed by atoms with Crippen molar-refractivity contribution in [2.24, 2.45) is 0 Å². The predicted molar refractivity (Wildman–Crippen MR) is 70.3 cm³/mol. The van der Waals surface area contributed by atoms with Gasteiger partial charge in [0.05, 0.1) is 12.8 Å². The van der Waals surface area contributed by atoms with Crippen LogP contribution in [0, 0.1) is 0 Å². The molecule has 1 aliphatic rings. The molecule has 17 heavy (non-hydrogen) atoms. The lowest BCUT2D eigenvalue weighted by Gasteiger charge is -2.35. The molecule has 0 aliphatic heterocycles. The van der Waals surface area contributed by atoms with Gasteiger partial charge in [-0.15, -0.1) is 0 Å². The number of rotatable bonds is 3. The zero-order chi connectivity index (χ0) is 12.3. The second-order valence-corrected chi connectivity index (χ2v) is 5.04. The van der Waals surface area contributed by atoms with Gasteiger partial charge < -0.3 is 15.8 Å². The van der Waals surface area contributed by atoms with Gasteiger partial charge >= 0.3 is 0 Å². The quantitative estimate of drug-likeness (QED) is 0.845. The molecular weight excluding hydrogens is 214 g/mol. The van der Waals surface area contributed by atoms with E-state index in [0.29, 0.717) is 11.6 Å².